The second-order valence-corrected chi connectivity index (χ2v) is 4.78. The fourth-order valence-electron chi connectivity index (χ4n) is 1.99. The van der Waals surface area contributed by atoms with E-state index in [-0.39, 0.29) is 5.75 Å². The van der Waals surface area contributed by atoms with E-state index < -0.39 is 0 Å². The Bertz CT molecular complexity index is 754. The number of rotatable bonds is 1. The SMILES string of the molecule is Cc1nc(-c2ccc(O)cc2)nc2ccc(Cl)cc12. The molecular formula is C15H11ClN2O. The van der Waals surface area contributed by atoms with Crippen LogP contribution in [0.2, 0.25) is 5.02 Å². The topological polar surface area (TPSA) is 46.0 Å². The van der Waals surface area contributed by atoms with Gasteiger partial charge in [-0.1, -0.05) is 11.6 Å². The van der Waals surface area contributed by atoms with Crippen LogP contribution in [-0.4, -0.2) is 15.1 Å². The van der Waals surface area contributed by atoms with Crippen molar-refractivity contribution in [3.05, 3.63) is 53.2 Å². The number of fused-ring (bicyclic) bond motifs is 1. The zero-order valence-corrected chi connectivity index (χ0v) is 11.0. The predicted octanol–water partition coefficient (Wildman–Crippen LogP) is 3.96. The van der Waals surface area contributed by atoms with E-state index in [2.05, 4.69) is 9.97 Å². The lowest BCUT2D eigenvalue weighted by Crippen LogP contribution is -1.94. The monoisotopic (exact) mass is 270 g/mol. The number of aromatic hydroxyl groups is 1. The van der Waals surface area contributed by atoms with Crippen molar-refractivity contribution in [1.82, 2.24) is 9.97 Å². The molecule has 0 radical (unpaired) electrons. The Morgan fingerprint density at radius 1 is 1.00 bits per heavy atom. The van der Waals surface area contributed by atoms with Crippen LogP contribution in [0.1, 0.15) is 5.69 Å². The molecule has 0 atom stereocenters. The Morgan fingerprint density at radius 3 is 2.47 bits per heavy atom. The number of nitrogens with zero attached hydrogens (tertiary/aromatic N) is 2. The summed E-state index contributed by atoms with van der Waals surface area (Å²) in [6.07, 6.45) is 0. The molecule has 1 N–H and O–H groups in total. The van der Waals surface area contributed by atoms with E-state index in [4.69, 9.17) is 11.6 Å². The summed E-state index contributed by atoms with van der Waals surface area (Å²) >= 11 is 5.98. The Kier molecular flexibility index (Phi) is 2.84. The van der Waals surface area contributed by atoms with Gasteiger partial charge < -0.3 is 5.11 Å². The van der Waals surface area contributed by atoms with Crippen LogP contribution < -0.4 is 0 Å². The maximum absolute atomic E-state index is 9.30. The summed E-state index contributed by atoms with van der Waals surface area (Å²) in [6.45, 7) is 1.93. The molecule has 0 saturated heterocycles. The Morgan fingerprint density at radius 2 is 1.74 bits per heavy atom. The molecular weight excluding hydrogens is 260 g/mol. The standard InChI is InChI=1S/C15H11ClN2O/c1-9-13-8-11(16)4-7-14(13)18-15(17-9)10-2-5-12(19)6-3-10/h2-8,19H,1H3. The van der Waals surface area contributed by atoms with E-state index in [1.54, 1.807) is 24.3 Å². The predicted molar refractivity (Wildman–Crippen MR) is 76.4 cm³/mol. The number of aromatic nitrogens is 2. The van der Waals surface area contributed by atoms with Crippen molar-refractivity contribution < 1.29 is 5.11 Å². The van der Waals surface area contributed by atoms with E-state index >= 15 is 0 Å². The summed E-state index contributed by atoms with van der Waals surface area (Å²) in [5, 5.41) is 10.9. The molecule has 0 amide bonds. The molecule has 3 nitrogen and oxygen atoms in total. The first-order valence-corrected chi connectivity index (χ1v) is 6.24. The zero-order chi connectivity index (χ0) is 13.4. The molecule has 0 spiro atoms. The summed E-state index contributed by atoms with van der Waals surface area (Å²) in [5.41, 5.74) is 2.62. The van der Waals surface area contributed by atoms with Crippen molar-refractivity contribution in [3.63, 3.8) is 0 Å². The number of hydrogen-bond donors (Lipinski definition) is 1. The van der Waals surface area contributed by atoms with Crippen LogP contribution in [0, 0.1) is 6.92 Å². The molecule has 0 saturated carbocycles. The number of phenolic OH excluding ortho intramolecular Hbond substituents is 1. The number of phenols is 1. The fourth-order valence-corrected chi connectivity index (χ4v) is 2.17. The van der Waals surface area contributed by atoms with E-state index in [0.717, 1.165) is 22.2 Å². The molecule has 4 heteroatoms. The van der Waals surface area contributed by atoms with Gasteiger partial charge in [-0.15, -0.1) is 0 Å². The first-order chi connectivity index (χ1) is 9.13. The maximum Gasteiger partial charge on any atom is 0.160 e. The minimum absolute atomic E-state index is 0.230. The number of hydrogen-bond acceptors (Lipinski definition) is 3. The molecule has 0 aliphatic carbocycles. The Balaban J connectivity index is 2.20. The van der Waals surface area contributed by atoms with Crippen LogP contribution in [0.25, 0.3) is 22.3 Å². The van der Waals surface area contributed by atoms with Crippen LogP contribution in [0.5, 0.6) is 5.75 Å². The van der Waals surface area contributed by atoms with E-state index in [1.165, 1.54) is 0 Å². The first kappa shape index (κ1) is 11.9. The van der Waals surface area contributed by atoms with Crippen LogP contribution in [-0.2, 0) is 0 Å². The highest BCUT2D eigenvalue weighted by Gasteiger charge is 2.07. The summed E-state index contributed by atoms with van der Waals surface area (Å²) < 4.78 is 0. The largest absolute Gasteiger partial charge is 0.508 e. The lowest BCUT2D eigenvalue weighted by Gasteiger charge is -2.06. The first-order valence-electron chi connectivity index (χ1n) is 5.87. The molecule has 3 rings (SSSR count). The average molecular weight is 271 g/mol. The van der Waals surface area contributed by atoms with Crippen molar-refractivity contribution in [3.8, 4) is 17.1 Å². The number of benzene rings is 2. The Hall–Kier alpha value is -2.13. The lowest BCUT2D eigenvalue weighted by molar-refractivity contribution is 0.475. The van der Waals surface area contributed by atoms with E-state index in [0.29, 0.717) is 10.8 Å². The average Bonchev–Trinajstić information content (AvgIpc) is 2.40. The van der Waals surface area contributed by atoms with E-state index in [9.17, 15) is 5.11 Å². The maximum atomic E-state index is 9.30. The third kappa shape index (κ3) is 2.25. The van der Waals surface area contributed by atoms with Crippen LogP contribution >= 0.6 is 11.6 Å². The van der Waals surface area contributed by atoms with Crippen molar-refractivity contribution >= 4 is 22.5 Å². The quantitative estimate of drug-likeness (QED) is 0.728. The summed E-state index contributed by atoms with van der Waals surface area (Å²) in [5.74, 6) is 0.875. The minimum Gasteiger partial charge on any atom is -0.508 e. The van der Waals surface area contributed by atoms with Gasteiger partial charge in [0, 0.05) is 21.7 Å². The van der Waals surface area contributed by atoms with Crippen molar-refractivity contribution in [2.45, 2.75) is 6.92 Å². The molecule has 1 aromatic heterocycles. The lowest BCUT2D eigenvalue weighted by atomic mass is 10.1. The van der Waals surface area contributed by atoms with Gasteiger partial charge in [-0.25, -0.2) is 9.97 Å². The number of halogens is 1. The summed E-state index contributed by atoms with van der Waals surface area (Å²) in [6, 6.07) is 12.4. The zero-order valence-electron chi connectivity index (χ0n) is 10.3. The molecule has 19 heavy (non-hydrogen) atoms. The van der Waals surface area contributed by atoms with Crippen LogP contribution in [0.4, 0.5) is 0 Å². The van der Waals surface area contributed by atoms with Crippen molar-refractivity contribution in [1.29, 1.82) is 0 Å². The van der Waals surface area contributed by atoms with Gasteiger partial charge in [0.1, 0.15) is 5.75 Å². The van der Waals surface area contributed by atoms with Gasteiger partial charge in [-0.3, -0.25) is 0 Å². The van der Waals surface area contributed by atoms with Gasteiger partial charge in [0.15, 0.2) is 5.82 Å². The third-order valence-corrected chi connectivity index (χ3v) is 3.21. The van der Waals surface area contributed by atoms with Crippen molar-refractivity contribution in [2.75, 3.05) is 0 Å². The van der Waals surface area contributed by atoms with Gasteiger partial charge >= 0.3 is 0 Å². The van der Waals surface area contributed by atoms with Gasteiger partial charge in [-0.2, -0.15) is 0 Å². The molecule has 0 fully saturated rings. The second-order valence-electron chi connectivity index (χ2n) is 4.34. The molecule has 2 aromatic carbocycles. The summed E-state index contributed by atoms with van der Waals surface area (Å²) in [4.78, 5) is 9.02. The normalized spacial score (nSPS) is 10.8. The van der Waals surface area contributed by atoms with E-state index in [1.807, 2.05) is 25.1 Å². The molecule has 0 bridgehead atoms. The smallest absolute Gasteiger partial charge is 0.160 e. The molecule has 0 unspecified atom stereocenters. The van der Waals surface area contributed by atoms with Crippen LogP contribution in [0.15, 0.2) is 42.5 Å². The van der Waals surface area contributed by atoms with Gasteiger partial charge in [0.25, 0.3) is 0 Å². The molecule has 94 valence electrons. The molecule has 3 aromatic rings. The highest BCUT2D eigenvalue weighted by Crippen LogP contribution is 2.24. The molecule has 1 heterocycles. The Labute approximate surface area is 115 Å². The second kappa shape index (κ2) is 4.52. The van der Waals surface area contributed by atoms with Crippen molar-refractivity contribution in [2.24, 2.45) is 0 Å². The molecule has 0 aliphatic heterocycles. The van der Waals surface area contributed by atoms with Gasteiger partial charge in [0.2, 0.25) is 0 Å². The van der Waals surface area contributed by atoms with Gasteiger partial charge in [0.05, 0.1) is 5.52 Å². The number of aryl methyl sites for hydroxylation is 1. The summed E-state index contributed by atoms with van der Waals surface area (Å²) in [7, 11) is 0. The van der Waals surface area contributed by atoms with Gasteiger partial charge in [-0.05, 0) is 49.4 Å². The highest BCUT2D eigenvalue weighted by atomic mass is 35.5. The minimum atomic E-state index is 0.230. The third-order valence-electron chi connectivity index (χ3n) is 2.97. The fraction of sp³-hybridized carbons (Fsp3) is 0.0667. The van der Waals surface area contributed by atoms with Crippen LogP contribution in [0.3, 0.4) is 0 Å². The highest BCUT2D eigenvalue weighted by molar-refractivity contribution is 6.31. The molecule has 0 aliphatic rings.